The molecule has 4 rings (SSSR count). The molecule has 0 aromatic heterocycles. The van der Waals surface area contributed by atoms with Gasteiger partial charge in [-0.1, -0.05) is 60.7 Å². The molecule has 0 fully saturated rings. The minimum atomic E-state index is -1.15. The number of hydrogen-bond donors (Lipinski definition) is 3. The van der Waals surface area contributed by atoms with Crippen LogP contribution in [0.1, 0.15) is 42.4 Å². The molecular weight excluding hydrogens is 706 g/mol. The maximum absolute atomic E-state index is 12.8. The van der Waals surface area contributed by atoms with Gasteiger partial charge in [0.05, 0.1) is 14.2 Å². The summed E-state index contributed by atoms with van der Waals surface area (Å²) in [5, 5.41) is 20.1. The van der Waals surface area contributed by atoms with Crippen LogP contribution < -0.4 is 79.2 Å². The van der Waals surface area contributed by atoms with Crippen LogP contribution in [0.15, 0.2) is 77.8 Å². The molecule has 2 atom stereocenters. The van der Waals surface area contributed by atoms with Crippen molar-refractivity contribution in [2.45, 2.75) is 44.2 Å². The molecule has 0 spiro atoms. The summed E-state index contributed by atoms with van der Waals surface area (Å²) < 4.78 is 14.8. The van der Waals surface area contributed by atoms with E-state index in [1.54, 1.807) is 24.3 Å². The topological polar surface area (TPSA) is 185 Å². The Morgan fingerprint density at radius 1 is 0.857 bits per heavy atom. The number of rotatable bonds is 14. The number of methoxy groups -OCH3 is 2. The average molecular weight is 742 g/mol. The van der Waals surface area contributed by atoms with Gasteiger partial charge in [0.2, 0.25) is 17.7 Å². The Balaban J connectivity index is 0.00000650. The molecule has 0 aliphatic heterocycles. The number of nitrogens with zero attached hydrogens (tertiary/aromatic N) is 1. The van der Waals surface area contributed by atoms with Gasteiger partial charge < -0.3 is 35.3 Å². The van der Waals surface area contributed by atoms with E-state index >= 15 is 0 Å². The summed E-state index contributed by atoms with van der Waals surface area (Å²) in [6.45, 7) is 2.32. The summed E-state index contributed by atoms with van der Waals surface area (Å²) in [5.74, 6) is -3.20. The van der Waals surface area contributed by atoms with E-state index < -0.39 is 47.8 Å². The number of benzene rings is 3. The number of ether oxygens (including phenoxy) is 3. The van der Waals surface area contributed by atoms with E-state index in [1.807, 2.05) is 48.5 Å². The van der Waals surface area contributed by atoms with Crippen molar-refractivity contribution >= 4 is 41.4 Å². The van der Waals surface area contributed by atoms with E-state index in [4.69, 9.17) is 9.47 Å². The molecule has 1 aliphatic rings. The van der Waals surface area contributed by atoms with Gasteiger partial charge in [-0.2, -0.15) is 6.54 Å². The maximum atomic E-state index is 12.8. The third kappa shape index (κ3) is 11.2. The van der Waals surface area contributed by atoms with Gasteiger partial charge in [-0.15, -0.1) is 0 Å². The number of carbonyl (C=O) groups is 5. The number of esters is 2. The van der Waals surface area contributed by atoms with Crippen molar-refractivity contribution in [1.82, 2.24) is 10.6 Å². The number of anilines is 1. The van der Waals surface area contributed by atoms with Crippen LogP contribution in [0.5, 0.6) is 0 Å². The molecule has 0 bridgehead atoms. The molecule has 14 heteroatoms. The summed E-state index contributed by atoms with van der Waals surface area (Å²) in [6, 6.07) is 20.3. The van der Waals surface area contributed by atoms with Crippen molar-refractivity contribution < 1.29 is 101 Å². The molecule has 0 heterocycles. The van der Waals surface area contributed by atoms with Crippen molar-refractivity contribution in [2.24, 2.45) is 4.99 Å². The van der Waals surface area contributed by atoms with Gasteiger partial charge in [-0.05, 0) is 46.9 Å². The Morgan fingerprint density at radius 2 is 1.45 bits per heavy atom. The SMILES string of the molecule is COC(=O)[CH-]NC(=O)C(C)NC(=O)CCC(=O)Nc1ccc(C[C@H](N=C([O-])OCC2c3ccccc3-c3ccccc32)C(=O)OC)cc1.[Rb+]. The van der Waals surface area contributed by atoms with Crippen LogP contribution in [-0.2, 0) is 44.6 Å². The van der Waals surface area contributed by atoms with E-state index in [1.165, 1.54) is 14.0 Å². The summed E-state index contributed by atoms with van der Waals surface area (Å²) in [5.41, 5.74) is 5.38. The first-order valence-electron chi connectivity index (χ1n) is 15.1. The van der Waals surface area contributed by atoms with E-state index in [-0.39, 0.29) is 90.0 Å². The standard InChI is InChI=1S/C35H37N4O9.Rb/c1-21(33(43)36-19-32(42)46-2)37-30(40)16-17-31(41)38-23-14-12-22(13-15-23)18-29(34(44)47-3)39-35(45)48-20-28-26-10-6-4-8-24(26)25-9-5-7-11-27(25)28;/h4-15,19,21,28-29H,16-18,20H2,1-3H3,(H,36,43)(H,37,40)(H,38,41)(H,39,45);/q-1;+1/p-1/t21?,29-;/m0./s1. The normalized spacial score (nSPS) is 12.9. The van der Waals surface area contributed by atoms with Gasteiger partial charge in [0.15, 0.2) is 12.0 Å². The zero-order chi connectivity index (χ0) is 34.6. The van der Waals surface area contributed by atoms with Gasteiger partial charge in [0.25, 0.3) is 0 Å². The van der Waals surface area contributed by atoms with Gasteiger partial charge in [0, 0.05) is 37.5 Å². The number of hydrogen-bond acceptors (Lipinski definition) is 10. The second kappa shape index (κ2) is 19.2. The number of fused-ring (bicyclic) bond motifs is 3. The largest absolute Gasteiger partial charge is 1.00 e. The molecule has 0 saturated carbocycles. The van der Waals surface area contributed by atoms with Crippen molar-refractivity contribution in [3.05, 3.63) is 96.0 Å². The monoisotopic (exact) mass is 741 g/mol. The fourth-order valence-electron chi connectivity index (χ4n) is 5.17. The Kier molecular flexibility index (Phi) is 15.5. The Morgan fingerprint density at radius 3 is 2.04 bits per heavy atom. The minimum Gasteiger partial charge on any atom is -0.599 e. The predicted molar refractivity (Wildman–Crippen MR) is 173 cm³/mol. The van der Waals surface area contributed by atoms with E-state index in [0.717, 1.165) is 35.9 Å². The average Bonchev–Trinajstić information content (AvgIpc) is 3.42. The summed E-state index contributed by atoms with van der Waals surface area (Å²) in [7, 11) is 2.37. The number of carbonyl (C=O) groups excluding carboxylic acids is 5. The van der Waals surface area contributed by atoms with E-state index in [0.29, 0.717) is 11.3 Å². The zero-order valence-corrected chi connectivity index (χ0v) is 32.6. The van der Waals surface area contributed by atoms with Crippen LogP contribution in [0.2, 0.25) is 0 Å². The number of aliphatic imine (C=N–C) groups is 1. The van der Waals surface area contributed by atoms with E-state index in [9.17, 15) is 29.1 Å². The molecule has 3 aromatic carbocycles. The van der Waals surface area contributed by atoms with E-state index in [2.05, 4.69) is 25.7 Å². The first-order valence-corrected chi connectivity index (χ1v) is 15.1. The first kappa shape index (κ1) is 39.4. The van der Waals surface area contributed by atoms with Crippen LogP contribution in [0, 0.1) is 6.54 Å². The molecule has 0 radical (unpaired) electrons. The molecule has 49 heavy (non-hydrogen) atoms. The van der Waals surface area contributed by atoms with Crippen molar-refractivity contribution in [3.63, 3.8) is 0 Å². The maximum Gasteiger partial charge on any atom is 1.00 e. The fourth-order valence-corrected chi connectivity index (χ4v) is 5.17. The molecule has 3 aromatic rings. The Labute approximate surface area is 333 Å². The molecule has 1 unspecified atom stereocenters. The second-order valence-electron chi connectivity index (χ2n) is 10.9. The molecule has 252 valence electrons. The number of nitrogens with one attached hydrogen (secondary N) is 3. The molecule has 3 amide bonds. The van der Waals surface area contributed by atoms with Gasteiger partial charge in [-0.3, -0.25) is 24.2 Å². The minimum absolute atomic E-state index is 0. The molecule has 3 N–H and O–H groups in total. The van der Waals surface area contributed by atoms with Gasteiger partial charge in [-0.25, -0.2) is 4.79 Å². The molecule has 13 nitrogen and oxygen atoms in total. The van der Waals surface area contributed by atoms with Gasteiger partial charge >= 0.3 is 64.2 Å². The summed E-state index contributed by atoms with van der Waals surface area (Å²) in [4.78, 5) is 64.1. The van der Waals surface area contributed by atoms with Crippen LogP contribution in [0.3, 0.4) is 0 Å². The van der Waals surface area contributed by atoms with Crippen LogP contribution in [0.4, 0.5) is 5.69 Å². The van der Waals surface area contributed by atoms with Crippen molar-refractivity contribution in [3.8, 4) is 11.1 Å². The van der Waals surface area contributed by atoms with Crippen LogP contribution in [0.25, 0.3) is 11.1 Å². The summed E-state index contributed by atoms with van der Waals surface area (Å²) >= 11 is 0. The number of amides is 3. The van der Waals surface area contributed by atoms with Crippen molar-refractivity contribution in [1.29, 1.82) is 0 Å². The fraction of sp³-hybridized carbons (Fsp3) is 0.286. The smallest absolute Gasteiger partial charge is 0.599 e. The molecule has 1 aliphatic carbocycles. The van der Waals surface area contributed by atoms with Gasteiger partial charge in [0.1, 0.15) is 12.1 Å². The quantitative estimate of drug-likeness (QED) is 0.0807. The zero-order valence-electron chi connectivity index (χ0n) is 27.7. The molecule has 0 saturated heterocycles. The first-order chi connectivity index (χ1) is 23.1. The molecular formula is C35H36N4O9Rb-. The van der Waals surface area contributed by atoms with Crippen LogP contribution in [-0.4, -0.2) is 68.7 Å². The van der Waals surface area contributed by atoms with Crippen molar-refractivity contribution in [2.75, 3.05) is 26.1 Å². The Bertz CT molecular complexity index is 1630. The second-order valence-corrected chi connectivity index (χ2v) is 10.9. The predicted octanol–water partition coefficient (Wildman–Crippen LogP) is -1.01. The summed E-state index contributed by atoms with van der Waals surface area (Å²) in [6.07, 6.45) is -1.16. The third-order valence-electron chi connectivity index (χ3n) is 7.62. The van der Waals surface area contributed by atoms with Crippen LogP contribution >= 0.6 is 0 Å². The Hall–Kier alpha value is -4.04. The third-order valence-corrected chi connectivity index (χ3v) is 7.62.